The SMILES string of the molecule is O=C(CCNC1CCN(C2CC2)C1)N1CCCC1. The van der Waals surface area contributed by atoms with Gasteiger partial charge < -0.3 is 10.2 Å². The van der Waals surface area contributed by atoms with Gasteiger partial charge in [-0.15, -0.1) is 0 Å². The molecular weight excluding hydrogens is 226 g/mol. The second-order valence-electron chi connectivity index (χ2n) is 6.00. The molecule has 18 heavy (non-hydrogen) atoms. The van der Waals surface area contributed by atoms with Gasteiger partial charge in [0.2, 0.25) is 5.91 Å². The topological polar surface area (TPSA) is 35.6 Å². The molecule has 4 nitrogen and oxygen atoms in total. The van der Waals surface area contributed by atoms with Gasteiger partial charge in [-0.05, 0) is 32.1 Å². The molecule has 0 bridgehead atoms. The van der Waals surface area contributed by atoms with Crippen molar-refractivity contribution in [3.63, 3.8) is 0 Å². The van der Waals surface area contributed by atoms with E-state index >= 15 is 0 Å². The van der Waals surface area contributed by atoms with E-state index in [1.807, 2.05) is 4.90 Å². The van der Waals surface area contributed by atoms with Crippen molar-refractivity contribution in [3.8, 4) is 0 Å². The van der Waals surface area contributed by atoms with Crippen molar-refractivity contribution in [3.05, 3.63) is 0 Å². The average molecular weight is 251 g/mol. The van der Waals surface area contributed by atoms with E-state index in [0.717, 1.165) is 25.7 Å². The second kappa shape index (κ2) is 5.57. The fraction of sp³-hybridized carbons (Fsp3) is 0.929. The summed E-state index contributed by atoms with van der Waals surface area (Å²) in [6.07, 6.45) is 7.13. The predicted molar refractivity (Wildman–Crippen MR) is 71.4 cm³/mol. The Kier molecular flexibility index (Phi) is 3.85. The third-order valence-electron chi connectivity index (χ3n) is 4.51. The van der Waals surface area contributed by atoms with Gasteiger partial charge in [0.05, 0.1) is 0 Å². The molecule has 3 aliphatic rings. The van der Waals surface area contributed by atoms with E-state index in [9.17, 15) is 4.79 Å². The lowest BCUT2D eigenvalue weighted by Gasteiger charge is -2.18. The molecule has 2 aliphatic heterocycles. The quantitative estimate of drug-likeness (QED) is 0.786. The van der Waals surface area contributed by atoms with Crippen LogP contribution in [0.15, 0.2) is 0 Å². The van der Waals surface area contributed by atoms with Crippen LogP contribution in [0.2, 0.25) is 0 Å². The van der Waals surface area contributed by atoms with Crippen LogP contribution < -0.4 is 5.32 Å². The molecule has 0 aromatic heterocycles. The maximum absolute atomic E-state index is 11.9. The number of amides is 1. The highest BCUT2D eigenvalue weighted by Crippen LogP contribution is 2.29. The van der Waals surface area contributed by atoms with Crippen molar-refractivity contribution in [2.45, 2.75) is 50.6 Å². The number of hydrogen-bond donors (Lipinski definition) is 1. The minimum atomic E-state index is 0.344. The molecule has 1 amide bonds. The van der Waals surface area contributed by atoms with Crippen LogP contribution >= 0.6 is 0 Å². The number of carbonyl (C=O) groups excluding carboxylic acids is 1. The van der Waals surface area contributed by atoms with Gasteiger partial charge in [0.15, 0.2) is 0 Å². The average Bonchev–Trinajstić information content (AvgIpc) is 2.92. The van der Waals surface area contributed by atoms with Gasteiger partial charge in [0.1, 0.15) is 0 Å². The van der Waals surface area contributed by atoms with E-state index in [0.29, 0.717) is 18.4 Å². The molecular formula is C14H25N3O. The predicted octanol–water partition coefficient (Wildman–Crippen LogP) is 0.825. The van der Waals surface area contributed by atoms with Crippen LogP contribution in [0.3, 0.4) is 0 Å². The second-order valence-corrected chi connectivity index (χ2v) is 6.00. The summed E-state index contributed by atoms with van der Waals surface area (Å²) < 4.78 is 0. The molecule has 3 fully saturated rings. The molecule has 2 heterocycles. The summed E-state index contributed by atoms with van der Waals surface area (Å²) in [6.45, 7) is 5.28. The zero-order valence-corrected chi connectivity index (χ0v) is 11.2. The Morgan fingerprint density at radius 1 is 1.11 bits per heavy atom. The van der Waals surface area contributed by atoms with E-state index in [2.05, 4.69) is 10.2 Å². The number of nitrogens with zero attached hydrogens (tertiary/aromatic N) is 2. The Morgan fingerprint density at radius 3 is 2.61 bits per heavy atom. The van der Waals surface area contributed by atoms with Crippen LogP contribution in [0.25, 0.3) is 0 Å². The van der Waals surface area contributed by atoms with Gasteiger partial charge in [-0.3, -0.25) is 9.69 Å². The Bertz CT molecular complexity index is 297. The van der Waals surface area contributed by atoms with Gasteiger partial charge in [-0.1, -0.05) is 0 Å². The van der Waals surface area contributed by atoms with Crippen molar-refractivity contribution in [1.82, 2.24) is 15.1 Å². The first-order valence-electron chi connectivity index (χ1n) is 7.58. The third kappa shape index (κ3) is 3.04. The summed E-state index contributed by atoms with van der Waals surface area (Å²) in [5.74, 6) is 0.344. The molecule has 1 aliphatic carbocycles. The van der Waals surface area contributed by atoms with E-state index in [1.54, 1.807) is 0 Å². The van der Waals surface area contributed by atoms with Crippen LogP contribution in [0.1, 0.15) is 38.5 Å². The van der Waals surface area contributed by atoms with Crippen molar-refractivity contribution in [2.75, 3.05) is 32.7 Å². The molecule has 3 rings (SSSR count). The largest absolute Gasteiger partial charge is 0.343 e. The van der Waals surface area contributed by atoms with Crippen molar-refractivity contribution < 1.29 is 4.79 Å². The van der Waals surface area contributed by atoms with Gasteiger partial charge in [-0.2, -0.15) is 0 Å². The normalized spacial score (nSPS) is 29.1. The monoisotopic (exact) mass is 251 g/mol. The Morgan fingerprint density at radius 2 is 1.89 bits per heavy atom. The molecule has 1 saturated carbocycles. The van der Waals surface area contributed by atoms with Gasteiger partial charge >= 0.3 is 0 Å². The molecule has 0 spiro atoms. The van der Waals surface area contributed by atoms with Crippen LogP contribution in [0.5, 0.6) is 0 Å². The van der Waals surface area contributed by atoms with Gasteiger partial charge in [0, 0.05) is 51.2 Å². The number of likely N-dealkylation sites (tertiary alicyclic amines) is 2. The first kappa shape index (κ1) is 12.4. The lowest BCUT2D eigenvalue weighted by Crippen LogP contribution is -2.36. The van der Waals surface area contributed by atoms with E-state index in [4.69, 9.17) is 0 Å². The summed E-state index contributed by atoms with van der Waals surface area (Å²) in [5.41, 5.74) is 0. The smallest absolute Gasteiger partial charge is 0.223 e. The molecule has 1 N–H and O–H groups in total. The van der Waals surface area contributed by atoms with E-state index in [1.165, 1.54) is 45.2 Å². The summed E-state index contributed by atoms with van der Waals surface area (Å²) in [6, 6.07) is 1.51. The molecule has 0 aromatic carbocycles. The fourth-order valence-electron chi connectivity index (χ4n) is 3.23. The number of carbonyl (C=O) groups is 1. The maximum Gasteiger partial charge on any atom is 0.223 e. The summed E-state index contributed by atoms with van der Waals surface area (Å²) >= 11 is 0. The van der Waals surface area contributed by atoms with Gasteiger partial charge in [-0.25, -0.2) is 0 Å². The molecule has 2 saturated heterocycles. The Balaban J connectivity index is 1.31. The minimum absolute atomic E-state index is 0.344. The molecule has 1 atom stereocenters. The highest BCUT2D eigenvalue weighted by molar-refractivity contribution is 5.76. The summed E-state index contributed by atoms with van der Waals surface area (Å²) in [4.78, 5) is 16.5. The lowest BCUT2D eigenvalue weighted by molar-refractivity contribution is -0.130. The zero-order chi connectivity index (χ0) is 12.4. The molecule has 1 unspecified atom stereocenters. The molecule has 0 aromatic rings. The standard InChI is InChI=1S/C14H25N3O/c18-14(16-8-1-2-9-16)5-7-15-12-6-10-17(11-12)13-3-4-13/h12-13,15H,1-11H2. The number of hydrogen-bond acceptors (Lipinski definition) is 3. The zero-order valence-electron chi connectivity index (χ0n) is 11.2. The van der Waals surface area contributed by atoms with Crippen molar-refractivity contribution in [2.24, 2.45) is 0 Å². The molecule has 4 heteroatoms. The summed E-state index contributed by atoms with van der Waals surface area (Å²) in [7, 11) is 0. The van der Waals surface area contributed by atoms with Crippen LogP contribution in [0, 0.1) is 0 Å². The summed E-state index contributed by atoms with van der Waals surface area (Å²) in [5, 5.41) is 3.56. The van der Waals surface area contributed by atoms with E-state index in [-0.39, 0.29) is 0 Å². The first-order valence-corrected chi connectivity index (χ1v) is 7.58. The van der Waals surface area contributed by atoms with Crippen LogP contribution in [-0.4, -0.2) is 60.5 Å². The Hall–Kier alpha value is -0.610. The van der Waals surface area contributed by atoms with Crippen LogP contribution in [0.4, 0.5) is 0 Å². The lowest BCUT2D eigenvalue weighted by atomic mass is 10.2. The highest BCUT2D eigenvalue weighted by atomic mass is 16.2. The third-order valence-corrected chi connectivity index (χ3v) is 4.51. The van der Waals surface area contributed by atoms with Crippen molar-refractivity contribution >= 4 is 5.91 Å². The molecule has 102 valence electrons. The van der Waals surface area contributed by atoms with Gasteiger partial charge in [0.25, 0.3) is 0 Å². The molecule has 0 radical (unpaired) electrons. The highest BCUT2D eigenvalue weighted by Gasteiger charge is 2.34. The van der Waals surface area contributed by atoms with Crippen LogP contribution in [-0.2, 0) is 4.79 Å². The Labute approximate surface area is 110 Å². The fourth-order valence-corrected chi connectivity index (χ4v) is 3.23. The minimum Gasteiger partial charge on any atom is -0.343 e. The van der Waals surface area contributed by atoms with E-state index < -0.39 is 0 Å². The first-order chi connectivity index (χ1) is 8.83. The number of rotatable bonds is 5. The number of nitrogens with one attached hydrogen (secondary N) is 1. The van der Waals surface area contributed by atoms with Crippen molar-refractivity contribution in [1.29, 1.82) is 0 Å². The maximum atomic E-state index is 11.9.